The first-order valence-electron chi connectivity index (χ1n) is 11.9. The number of hydrogen-bond donors (Lipinski definition) is 3. The molecule has 1 amide bonds. The highest BCUT2D eigenvalue weighted by atomic mass is 19.1. The Morgan fingerprint density at radius 2 is 1.90 bits per heavy atom. The van der Waals surface area contributed by atoms with Crippen LogP contribution in [0.4, 0.5) is 16.0 Å². The highest BCUT2D eigenvalue weighted by molar-refractivity contribution is 5.95. The van der Waals surface area contributed by atoms with Gasteiger partial charge in [-0.15, -0.1) is 0 Å². The van der Waals surface area contributed by atoms with Crippen LogP contribution in [-0.2, 0) is 19.1 Å². The minimum atomic E-state index is -1.06. The number of rotatable bonds is 8. The van der Waals surface area contributed by atoms with Crippen LogP contribution in [0.25, 0.3) is 17.1 Å². The van der Waals surface area contributed by atoms with E-state index in [1.54, 1.807) is 60.4 Å². The molecule has 0 unspecified atom stereocenters. The molecule has 0 atom stereocenters. The Bertz CT molecular complexity index is 1470. The van der Waals surface area contributed by atoms with Crippen LogP contribution in [0.2, 0.25) is 0 Å². The van der Waals surface area contributed by atoms with Gasteiger partial charge in [-0.1, -0.05) is 0 Å². The van der Waals surface area contributed by atoms with Crippen molar-refractivity contribution in [1.82, 2.24) is 24.5 Å². The third-order valence-electron chi connectivity index (χ3n) is 5.94. The Morgan fingerprint density at radius 1 is 1.13 bits per heavy atom. The van der Waals surface area contributed by atoms with E-state index in [0.717, 1.165) is 0 Å². The van der Waals surface area contributed by atoms with Gasteiger partial charge in [0.1, 0.15) is 18.2 Å². The summed E-state index contributed by atoms with van der Waals surface area (Å²) in [5.74, 6) is -0.940. The number of carbonyl (C=O) groups is 2. The second-order valence-corrected chi connectivity index (χ2v) is 9.06. The van der Waals surface area contributed by atoms with E-state index in [1.165, 1.54) is 18.3 Å². The van der Waals surface area contributed by atoms with Gasteiger partial charge in [0, 0.05) is 24.2 Å². The molecule has 0 aliphatic carbocycles. The highest BCUT2D eigenvalue weighted by Crippen LogP contribution is 2.34. The van der Waals surface area contributed by atoms with Crippen LogP contribution >= 0.6 is 0 Å². The lowest BCUT2D eigenvalue weighted by Gasteiger charge is -2.35. The first kappa shape index (κ1) is 25.9. The number of halogens is 1. The number of carboxylic acids is 1. The number of carboxylic acid groups (broad SMARTS) is 1. The van der Waals surface area contributed by atoms with E-state index in [2.05, 4.69) is 30.6 Å². The van der Waals surface area contributed by atoms with E-state index >= 15 is 0 Å². The molecule has 3 N–H and O–H groups in total. The van der Waals surface area contributed by atoms with Gasteiger partial charge < -0.3 is 25.2 Å². The second kappa shape index (κ2) is 10.9. The van der Waals surface area contributed by atoms with Crippen LogP contribution in [0.1, 0.15) is 19.0 Å². The molecule has 1 aliphatic heterocycles. The van der Waals surface area contributed by atoms with Crippen LogP contribution in [0, 0.1) is 11.2 Å². The highest BCUT2D eigenvalue weighted by Gasteiger charge is 2.41. The van der Waals surface area contributed by atoms with Crippen LogP contribution in [0.3, 0.4) is 0 Å². The number of pyridine rings is 1. The van der Waals surface area contributed by atoms with E-state index in [0.29, 0.717) is 28.6 Å². The summed E-state index contributed by atoms with van der Waals surface area (Å²) in [5.41, 5.74) is 0.720. The maximum Gasteiger partial charge on any atom is 0.322 e. The largest absolute Gasteiger partial charge is 0.480 e. The summed E-state index contributed by atoms with van der Waals surface area (Å²) in [4.78, 5) is 41.0. The van der Waals surface area contributed by atoms with E-state index in [4.69, 9.17) is 14.6 Å². The van der Waals surface area contributed by atoms with Crippen molar-refractivity contribution < 1.29 is 28.6 Å². The summed E-state index contributed by atoms with van der Waals surface area (Å²) in [6.07, 6.45) is 5.35. The number of nitrogens with one attached hydrogen (secondary N) is 2. The van der Waals surface area contributed by atoms with Crippen molar-refractivity contribution in [3.63, 3.8) is 0 Å². The zero-order valence-corrected chi connectivity index (χ0v) is 20.7. The molecule has 1 saturated heterocycles. The molecular formula is C26H24FN7O5. The standard InChI is InChI=1S/C26H24FN7O5/c1-26(24(37)31-18-3-2-9-28-11-18)14-38-23(39-15-26)22-32-19(16-4-6-17(27)7-5-16)13-34(22)20-8-10-29-25(33-20)30-12-21(35)36/h2-11,13,23H,12,14-15H2,1H3,(H,31,37)(H,35,36)(H,29,30,33). The Balaban J connectivity index is 1.42. The average Bonchev–Trinajstić information content (AvgIpc) is 3.39. The fourth-order valence-electron chi connectivity index (χ4n) is 3.84. The minimum Gasteiger partial charge on any atom is -0.480 e. The Hall–Kier alpha value is -4.75. The average molecular weight is 534 g/mol. The number of amides is 1. The molecule has 5 rings (SSSR count). The molecule has 39 heavy (non-hydrogen) atoms. The SMILES string of the molecule is CC1(C(=O)Nc2cccnc2)COC(c2nc(-c3ccc(F)cc3)cn2-c2ccnc(NCC(=O)O)n2)OC1. The lowest BCUT2D eigenvalue weighted by Crippen LogP contribution is -2.46. The fraction of sp³-hybridized carbons (Fsp3) is 0.231. The smallest absolute Gasteiger partial charge is 0.322 e. The minimum absolute atomic E-state index is 0.0394. The van der Waals surface area contributed by atoms with Crippen molar-refractivity contribution in [3.8, 4) is 17.1 Å². The van der Waals surface area contributed by atoms with Crippen LogP contribution in [-0.4, -0.2) is 61.2 Å². The van der Waals surface area contributed by atoms with Gasteiger partial charge in [0.05, 0.1) is 36.2 Å². The van der Waals surface area contributed by atoms with Gasteiger partial charge in [-0.25, -0.2) is 14.4 Å². The molecule has 0 spiro atoms. The van der Waals surface area contributed by atoms with E-state index < -0.39 is 17.7 Å². The third-order valence-corrected chi connectivity index (χ3v) is 5.94. The monoisotopic (exact) mass is 533 g/mol. The van der Waals surface area contributed by atoms with Gasteiger partial charge in [-0.3, -0.25) is 19.1 Å². The summed E-state index contributed by atoms with van der Waals surface area (Å²) in [6.45, 7) is 1.45. The molecule has 200 valence electrons. The lowest BCUT2D eigenvalue weighted by atomic mass is 9.91. The number of aromatic nitrogens is 5. The van der Waals surface area contributed by atoms with Gasteiger partial charge in [0.25, 0.3) is 0 Å². The second-order valence-electron chi connectivity index (χ2n) is 9.06. The predicted molar refractivity (Wildman–Crippen MR) is 136 cm³/mol. The third kappa shape index (κ3) is 5.89. The normalized spacial score (nSPS) is 18.9. The Morgan fingerprint density at radius 3 is 2.59 bits per heavy atom. The van der Waals surface area contributed by atoms with E-state index in [9.17, 15) is 14.0 Å². The zero-order valence-electron chi connectivity index (χ0n) is 20.7. The molecule has 3 aromatic heterocycles. The molecular weight excluding hydrogens is 509 g/mol. The van der Waals surface area contributed by atoms with E-state index in [-0.39, 0.29) is 37.4 Å². The first-order valence-corrected chi connectivity index (χ1v) is 11.9. The number of ether oxygens (including phenoxy) is 2. The lowest BCUT2D eigenvalue weighted by molar-refractivity contribution is -0.230. The molecule has 0 saturated carbocycles. The summed E-state index contributed by atoms with van der Waals surface area (Å²) in [5, 5.41) is 14.4. The Kier molecular flexibility index (Phi) is 7.25. The van der Waals surface area contributed by atoms with Crippen molar-refractivity contribution in [2.24, 2.45) is 5.41 Å². The van der Waals surface area contributed by atoms with Crippen molar-refractivity contribution >= 4 is 23.5 Å². The number of benzene rings is 1. The molecule has 1 aliphatic rings. The van der Waals surface area contributed by atoms with Gasteiger partial charge >= 0.3 is 5.97 Å². The molecule has 12 nitrogen and oxygen atoms in total. The molecule has 4 heterocycles. The molecule has 0 radical (unpaired) electrons. The predicted octanol–water partition coefficient (Wildman–Crippen LogP) is 3.05. The van der Waals surface area contributed by atoms with Gasteiger partial charge in [0.15, 0.2) is 5.82 Å². The topological polar surface area (TPSA) is 153 Å². The quantitative estimate of drug-likeness (QED) is 0.308. The fourth-order valence-corrected chi connectivity index (χ4v) is 3.84. The van der Waals surface area contributed by atoms with E-state index in [1.807, 2.05) is 0 Å². The summed E-state index contributed by atoms with van der Waals surface area (Å²) in [6, 6.07) is 10.9. The summed E-state index contributed by atoms with van der Waals surface area (Å²) >= 11 is 0. The molecule has 1 aromatic carbocycles. The first-order chi connectivity index (χ1) is 18.8. The van der Waals surface area contributed by atoms with Gasteiger partial charge in [-0.2, -0.15) is 4.98 Å². The number of nitrogens with zero attached hydrogens (tertiary/aromatic N) is 5. The van der Waals surface area contributed by atoms with Crippen LogP contribution in [0.5, 0.6) is 0 Å². The van der Waals surface area contributed by atoms with Crippen molar-refractivity contribution in [2.75, 3.05) is 30.4 Å². The summed E-state index contributed by atoms with van der Waals surface area (Å²) in [7, 11) is 0. The van der Waals surface area contributed by atoms with Crippen molar-refractivity contribution in [3.05, 3.63) is 78.9 Å². The summed E-state index contributed by atoms with van der Waals surface area (Å²) < 4.78 is 27.1. The number of imidazole rings is 1. The molecule has 0 bridgehead atoms. The van der Waals surface area contributed by atoms with Crippen molar-refractivity contribution in [1.29, 1.82) is 0 Å². The van der Waals surface area contributed by atoms with Crippen molar-refractivity contribution in [2.45, 2.75) is 13.2 Å². The van der Waals surface area contributed by atoms with Gasteiger partial charge in [0.2, 0.25) is 18.1 Å². The van der Waals surface area contributed by atoms with Crippen LogP contribution in [0.15, 0.2) is 67.3 Å². The number of carbonyl (C=O) groups excluding carboxylic acids is 1. The molecule has 1 fully saturated rings. The molecule has 4 aromatic rings. The zero-order chi connectivity index (χ0) is 27.4. The number of anilines is 2. The maximum atomic E-state index is 13.5. The number of aliphatic carboxylic acids is 1. The number of hydrogen-bond acceptors (Lipinski definition) is 9. The maximum absolute atomic E-state index is 13.5. The van der Waals surface area contributed by atoms with Gasteiger partial charge in [-0.05, 0) is 49.4 Å². The molecule has 13 heteroatoms. The Labute approximate surface area is 221 Å². The van der Waals surface area contributed by atoms with Crippen LogP contribution < -0.4 is 10.6 Å².